The van der Waals surface area contributed by atoms with Crippen molar-refractivity contribution >= 4 is 11.9 Å². The maximum atomic E-state index is 13.2. The number of aromatic nitrogens is 2. The van der Waals surface area contributed by atoms with Crippen LogP contribution in [-0.4, -0.2) is 30.3 Å². The Bertz CT molecular complexity index is 888. The molecule has 25 heavy (non-hydrogen) atoms. The Hall–Kier alpha value is -3.42. The molecule has 0 aliphatic heterocycles. The predicted molar refractivity (Wildman–Crippen MR) is 87.2 cm³/mol. The number of benzene rings is 2. The Kier molecular flexibility index (Phi) is 4.60. The van der Waals surface area contributed by atoms with Gasteiger partial charge in [0.2, 0.25) is 5.89 Å². The summed E-state index contributed by atoms with van der Waals surface area (Å²) in [6.07, 6.45) is 0. The number of ether oxygens (including phenoxy) is 2. The molecule has 0 aliphatic rings. The predicted octanol–water partition coefficient (Wildman–Crippen LogP) is 3.15. The van der Waals surface area contributed by atoms with E-state index in [1.165, 1.54) is 32.4 Å². The van der Waals surface area contributed by atoms with Crippen LogP contribution in [0, 0.1) is 5.82 Å². The molecule has 0 saturated carbocycles. The van der Waals surface area contributed by atoms with Gasteiger partial charge in [-0.3, -0.25) is 10.1 Å². The van der Waals surface area contributed by atoms with E-state index >= 15 is 0 Å². The summed E-state index contributed by atoms with van der Waals surface area (Å²) in [5.74, 6) is 0.211. The van der Waals surface area contributed by atoms with Gasteiger partial charge in [0.1, 0.15) is 17.3 Å². The van der Waals surface area contributed by atoms with Gasteiger partial charge in [-0.15, -0.1) is 5.10 Å². The highest BCUT2D eigenvalue weighted by Crippen LogP contribution is 2.29. The largest absolute Gasteiger partial charge is 0.497 e. The molecule has 0 aliphatic carbocycles. The highest BCUT2D eigenvalue weighted by atomic mass is 19.1. The lowest BCUT2D eigenvalue weighted by molar-refractivity contribution is 0.102. The highest BCUT2D eigenvalue weighted by molar-refractivity contribution is 6.03. The number of anilines is 1. The lowest BCUT2D eigenvalue weighted by Crippen LogP contribution is -2.12. The number of methoxy groups -OCH3 is 2. The van der Waals surface area contributed by atoms with Crippen molar-refractivity contribution in [3.8, 4) is 23.0 Å². The average Bonchev–Trinajstić information content (AvgIpc) is 3.09. The van der Waals surface area contributed by atoms with Crippen molar-refractivity contribution in [2.24, 2.45) is 0 Å². The number of carbonyl (C=O) groups is 1. The molecule has 2 aromatic carbocycles. The molecule has 0 fully saturated rings. The highest BCUT2D eigenvalue weighted by Gasteiger charge is 2.14. The van der Waals surface area contributed by atoms with Gasteiger partial charge in [0.25, 0.3) is 5.91 Å². The quantitative estimate of drug-likeness (QED) is 0.766. The van der Waals surface area contributed by atoms with Crippen LogP contribution in [0.15, 0.2) is 46.9 Å². The van der Waals surface area contributed by atoms with Gasteiger partial charge >= 0.3 is 6.01 Å². The molecule has 8 heteroatoms. The lowest BCUT2D eigenvalue weighted by Gasteiger charge is -2.05. The summed E-state index contributed by atoms with van der Waals surface area (Å²) < 4.78 is 29.0. The molecule has 0 bridgehead atoms. The SMILES string of the molecule is COc1cc(OC)cc(-c2nnc(NC(=O)c3cccc(F)c3)o2)c1. The first-order chi connectivity index (χ1) is 12.1. The maximum absolute atomic E-state index is 13.2. The minimum atomic E-state index is -0.557. The van der Waals surface area contributed by atoms with E-state index in [1.54, 1.807) is 18.2 Å². The smallest absolute Gasteiger partial charge is 0.322 e. The minimum absolute atomic E-state index is 0.106. The summed E-state index contributed by atoms with van der Waals surface area (Å²) in [6.45, 7) is 0. The van der Waals surface area contributed by atoms with Gasteiger partial charge < -0.3 is 13.9 Å². The molecule has 0 radical (unpaired) electrons. The number of hydrogen-bond acceptors (Lipinski definition) is 6. The standard InChI is InChI=1S/C17H14FN3O4/c1-23-13-7-11(8-14(9-13)24-2)16-20-21-17(25-16)19-15(22)10-4-3-5-12(18)6-10/h3-9H,1-2H3,(H,19,21,22). The first kappa shape index (κ1) is 16.4. The van der Waals surface area contributed by atoms with Gasteiger partial charge in [-0.2, -0.15) is 0 Å². The van der Waals surface area contributed by atoms with Gasteiger partial charge in [0.05, 0.1) is 14.2 Å². The monoisotopic (exact) mass is 343 g/mol. The molecule has 0 saturated heterocycles. The fraction of sp³-hybridized carbons (Fsp3) is 0.118. The van der Waals surface area contributed by atoms with Crippen molar-refractivity contribution in [2.75, 3.05) is 19.5 Å². The number of carbonyl (C=O) groups excluding carboxylic acids is 1. The third-order valence-electron chi connectivity index (χ3n) is 3.33. The molecule has 3 aromatic rings. The number of nitrogens with zero attached hydrogens (tertiary/aromatic N) is 2. The minimum Gasteiger partial charge on any atom is -0.497 e. The fourth-order valence-corrected chi connectivity index (χ4v) is 2.12. The second-order valence-electron chi connectivity index (χ2n) is 4.98. The van der Waals surface area contributed by atoms with E-state index in [9.17, 15) is 9.18 Å². The summed E-state index contributed by atoms with van der Waals surface area (Å²) in [5.41, 5.74) is 0.706. The zero-order valence-corrected chi connectivity index (χ0v) is 13.4. The second kappa shape index (κ2) is 7.00. The Morgan fingerprint density at radius 2 is 1.80 bits per heavy atom. The second-order valence-corrected chi connectivity index (χ2v) is 4.98. The van der Waals surface area contributed by atoms with Crippen LogP contribution in [0.3, 0.4) is 0 Å². The van der Waals surface area contributed by atoms with Crippen molar-refractivity contribution in [3.63, 3.8) is 0 Å². The van der Waals surface area contributed by atoms with Crippen LogP contribution in [-0.2, 0) is 0 Å². The summed E-state index contributed by atoms with van der Waals surface area (Å²) in [6, 6.07) is 10.2. The first-order valence-electron chi connectivity index (χ1n) is 7.23. The number of halogens is 1. The Morgan fingerprint density at radius 3 is 2.44 bits per heavy atom. The van der Waals surface area contributed by atoms with Crippen molar-refractivity contribution in [2.45, 2.75) is 0 Å². The van der Waals surface area contributed by atoms with E-state index in [0.717, 1.165) is 6.07 Å². The summed E-state index contributed by atoms with van der Waals surface area (Å²) in [7, 11) is 3.05. The van der Waals surface area contributed by atoms with E-state index in [4.69, 9.17) is 13.9 Å². The van der Waals surface area contributed by atoms with Crippen LogP contribution in [0.5, 0.6) is 11.5 Å². The third kappa shape index (κ3) is 3.74. The average molecular weight is 343 g/mol. The molecule has 1 aromatic heterocycles. The zero-order chi connectivity index (χ0) is 17.8. The van der Waals surface area contributed by atoms with Crippen molar-refractivity contribution in [3.05, 3.63) is 53.8 Å². The van der Waals surface area contributed by atoms with E-state index < -0.39 is 11.7 Å². The van der Waals surface area contributed by atoms with E-state index in [-0.39, 0.29) is 17.5 Å². The molecule has 1 heterocycles. The van der Waals surface area contributed by atoms with E-state index in [0.29, 0.717) is 17.1 Å². The summed E-state index contributed by atoms with van der Waals surface area (Å²) in [4.78, 5) is 12.1. The van der Waals surface area contributed by atoms with Gasteiger partial charge in [0.15, 0.2) is 0 Å². The van der Waals surface area contributed by atoms with Crippen LogP contribution in [0.25, 0.3) is 11.5 Å². The van der Waals surface area contributed by atoms with Crippen molar-refractivity contribution < 1.29 is 23.1 Å². The summed E-state index contributed by atoms with van der Waals surface area (Å²) in [5, 5.41) is 10.1. The molecular weight excluding hydrogens is 329 g/mol. The van der Waals surface area contributed by atoms with Crippen molar-refractivity contribution in [1.82, 2.24) is 10.2 Å². The van der Waals surface area contributed by atoms with Crippen LogP contribution < -0.4 is 14.8 Å². The number of hydrogen-bond donors (Lipinski definition) is 1. The molecule has 0 spiro atoms. The van der Waals surface area contributed by atoms with Crippen LogP contribution in [0.4, 0.5) is 10.4 Å². The molecule has 1 amide bonds. The molecule has 0 unspecified atom stereocenters. The third-order valence-corrected chi connectivity index (χ3v) is 3.33. The van der Waals surface area contributed by atoms with Gasteiger partial charge in [-0.05, 0) is 30.3 Å². The Labute approximate surface area is 142 Å². The fourth-order valence-electron chi connectivity index (χ4n) is 2.12. The van der Waals surface area contributed by atoms with E-state index in [2.05, 4.69) is 15.5 Å². The summed E-state index contributed by atoms with van der Waals surface area (Å²) >= 11 is 0. The zero-order valence-electron chi connectivity index (χ0n) is 13.4. The number of rotatable bonds is 5. The van der Waals surface area contributed by atoms with Crippen LogP contribution >= 0.6 is 0 Å². The van der Waals surface area contributed by atoms with Crippen LogP contribution in [0.1, 0.15) is 10.4 Å². The van der Waals surface area contributed by atoms with Gasteiger partial charge in [-0.1, -0.05) is 11.2 Å². The molecular formula is C17H14FN3O4. The molecule has 128 valence electrons. The molecule has 7 nitrogen and oxygen atoms in total. The lowest BCUT2D eigenvalue weighted by atomic mass is 10.2. The maximum Gasteiger partial charge on any atom is 0.322 e. The molecule has 0 atom stereocenters. The number of nitrogens with one attached hydrogen (secondary N) is 1. The Morgan fingerprint density at radius 1 is 1.08 bits per heavy atom. The van der Waals surface area contributed by atoms with Crippen LogP contribution in [0.2, 0.25) is 0 Å². The molecule has 1 N–H and O–H groups in total. The van der Waals surface area contributed by atoms with Crippen molar-refractivity contribution in [1.29, 1.82) is 0 Å². The Balaban J connectivity index is 1.82. The molecule has 3 rings (SSSR count). The first-order valence-corrected chi connectivity index (χ1v) is 7.23. The van der Waals surface area contributed by atoms with Gasteiger partial charge in [-0.25, -0.2) is 4.39 Å². The topological polar surface area (TPSA) is 86.5 Å². The normalized spacial score (nSPS) is 10.4. The van der Waals surface area contributed by atoms with E-state index in [1.807, 2.05) is 0 Å². The number of amides is 1. The van der Waals surface area contributed by atoms with Gasteiger partial charge in [0, 0.05) is 17.2 Å².